The zero-order valence-electron chi connectivity index (χ0n) is 27.2. The van der Waals surface area contributed by atoms with Crippen molar-refractivity contribution < 1.29 is 18.7 Å². The Kier molecular flexibility index (Phi) is 10.7. The quantitative estimate of drug-likeness (QED) is 0.156. The molecule has 44 heavy (non-hydrogen) atoms. The summed E-state index contributed by atoms with van der Waals surface area (Å²) in [5, 5.41) is 13.1. The molecule has 3 aromatic carbocycles. The number of halogens is 1. The van der Waals surface area contributed by atoms with Crippen LogP contribution in [0.3, 0.4) is 0 Å². The monoisotopic (exact) mass is 614 g/mol. The molecular weight excluding hydrogens is 568 g/mol. The lowest BCUT2D eigenvalue weighted by Crippen LogP contribution is -2.44. The Labute approximate surface area is 263 Å². The summed E-state index contributed by atoms with van der Waals surface area (Å²) in [7, 11) is -2.11. The van der Waals surface area contributed by atoms with Gasteiger partial charge in [-0.1, -0.05) is 83.1 Å². The van der Waals surface area contributed by atoms with Crippen LogP contribution in [-0.4, -0.2) is 36.6 Å². The Morgan fingerprint density at radius 1 is 0.909 bits per heavy atom. The first-order valence-corrected chi connectivity index (χ1v) is 18.5. The number of amides is 1. The van der Waals surface area contributed by atoms with Crippen LogP contribution >= 0.6 is 0 Å². The molecule has 1 amide bonds. The largest absolute Gasteiger partial charge is 0.414 e. The van der Waals surface area contributed by atoms with E-state index in [1.807, 2.05) is 60.7 Å². The van der Waals surface area contributed by atoms with Gasteiger partial charge in [0.2, 0.25) is 0 Å². The SMILES string of the molecule is CC(C)c1c(C(=O)Nc2ccccc2)c(-c2ccccc2)c(-c2ccc(F)cc2)n1CCC(CCO)O[Si](C)(C)C(C)(C)C. The predicted molar refractivity (Wildman–Crippen MR) is 182 cm³/mol. The topological polar surface area (TPSA) is 63.5 Å². The molecule has 2 N–H and O–H groups in total. The third-order valence-electron chi connectivity index (χ3n) is 8.68. The van der Waals surface area contributed by atoms with Gasteiger partial charge in [-0.3, -0.25) is 4.79 Å². The molecule has 0 fully saturated rings. The second kappa shape index (κ2) is 14.1. The first-order valence-electron chi connectivity index (χ1n) is 15.6. The molecule has 0 spiro atoms. The molecule has 1 aromatic heterocycles. The van der Waals surface area contributed by atoms with Gasteiger partial charge in [0, 0.05) is 36.2 Å². The summed E-state index contributed by atoms with van der Waals surface area (Å²) in [6.45, 7) is 15.9. The highest BCUT2D eigenvalue weighted by Crippen LogP contribution is 2.43. The number of benzene rings is 3. The lowest BCUT2D eigenvalue weighted by atomic mass is 9.94. The van der Waals surface area contributed by atoms with E-state index in [1.54, 1.807) is 12.1 Å². The highest BCUT2D eigenvalue weighted by molar-refractivity contribution is 6.74. The van der Waals surface area contributed by atoms with Gasteiger partial charge < -0.3 is 19.4 Å². The number of nitrogens with zero attached hydrogens (tertiary/aromatic N) is 1. The number of aliphatic hydroxyl groups excluding tert-OH is 1. The van der Waals surface area contributed by atoms with Gasteiger partial charge in [0.1, 0.15) is 5.82 Å². The number of hydrogen-bond donors (Lipinski definition) is 2. The van der Waals surface area contributed by atoms with Crippen LogP contribution < -0.4 is 5.32 Å². The van der Waals surface area contributed by atoms with Gasteiger partial charge >= 0.3 is 0 Å². The molecule has 1 atom stereocenters. The van der Waals surface area contributed by atoms with E-state index in [9.17, 15) is 14.3 Å². The Morgan fingerprint density at radius 3 is 2.05 bits per heavy atom. The van der Waals surface area contributed by atoms with Gasteiger partial charge in [-0.25, -0.2) is 4.39 Å². The highest BCUT2D eigenvalue weighted by atomic mass is 28.4. The van der Waals surface area contributed by atoms with Crippen molar-refractivity contribution in [1.29, 1.82) is 0 Å². The van der Waals surface area contributed by atoms with Crippen LogP contribution in [0.2, 0.25) is 18.1 Å². The molecule has 4 aromatic rings. The molecule has 0 aliphatic carbocycles. The van der Waals surface area contributed by atoms with E-state index in [-0.39, 0.29) is 35.4 Å². The standard InChI is InChI=1S/C37H47FN2O3Si/c1-26(2)34-33(36(42)39-30-16-12-9-13-17-30)32(27-14-10-8-11-15-27)35(28-18-20-29(38)21-19-28)40(34)24-22-31(23-25-41)43-44(6,7)37(3,4)5/h8-21,26,31,41H,22-25H2,1-7H3,(H,39,42). The summed E-state index contributed by atoms with van der Waals surface area (Å²) < 4.78 is 23.2. The fraction of sp³-hybridized carbons (Fsp3) is 0.378. The third kappa shape index (κ3) is 7.57. The molecule has 0 radical (unpaired) electrons. The van der Waals surface area contributed by atoms with E-state index in [1.165, 1.54) is 12.1 Å². The fourth-order valence-electron chi connectivity index (χ4n) is 5.48. The van der Waals surface area contributed by atoms with E-state index in [4.69, 9.17) is 4.43 Å². The maximum absolute atomic E-state index is 14.3. The number of aromatic nitrogens is 1. The highest BCUT2D eigenvalue weighted by Gasteiger charge is 2.39. The summed E-state index contributed by atoms with van der Waals surface area (Å²) >= 11 is 0. The molecule has 0 aliphatic heterocycles. The Hall–Kier alpha value is -3.52. The van der Waals surface area contributed by atoms with Crippen molar-refractivity contribution in [3.63, 3.8) is 0 Å². The molecule has 0 saturated heterocycles. The molecule has 5 nitrogen and oxygen atoms in total. The molecule has 1 heterocycles. The Bertz CT molecular complexity index is 1530. The van der Waals surface area contributed by atoms with Crippen molar-refractivity contribution in [2.45, 2.75) is 84.2 Å². The summed E-state index contributed by atoms with van der Waals surface area (Å²) in [5.74, 6) is -0.504. The second-order valence-electron chi connectivity index (χ2n) is 13.3. The number of anilines is 1. The summed E-state index contributed by atoms with van der Waals surface area (Å²) in [6.07, 6.45) is 1.04. The first-order chi connectivity index (χ1) is 20.8. The van der Waals surface area contributed by atoms with E-state index in [2.05, 4.69) is 57.6 Å². The molecule has 0 aliphatic rings. The van der Waals surface area contributed by atoms with Crippen LogP contribution in [0, 0.1) is 5.82 Å². The van der Waals surface area contributed by atoms with E-state index < -0.39 is 8.32 Å². The second-order valence-corrected chi connectivity index (χ2v) is 18.0. The van der Waals surface area contributed by atoms with Gasteiger partial charge in [-0.05, 0) is 84.4 Å². The first kappa shape index (κ1) is 33.4. The van der Waals surface area contributed by atoms with Crippen LogP contribution in [0.5, 0.6) is 0 Å². The van der Waals surface area contributed by atoms with Crippen molar-refractivity contribution in [2.75, 3.05) is 11.9 Å². The van der Waals surface area contributed by atoms with E-state index in [0.717, 1.165) is 28.1 Å². The minimum absolute atomic E-state index is 0.000727. The van der Waals surface area contributed by atoms with Crippen molar-refractivity contribution in [2.24, 2.45) is 0 Å². The molecule has 234 valence electrons. The molecule has 0 bridgehead atoms. The number of aliphatic hydroxyl groups is 1. The number of carbonyl (C=O) groups excluding carboxylic acids is 1. The number of nitrogens with one attached hydrogen (secondary N) is 1. The number of carbonyl (C=O) groups is 1. The van der Waals surface area contributed by atoms with Crippen LogP contribution in [0.15, 0.2) is 84.9 Å². The summed E-state index contributed by atoms with van der Waals surface area (Å²) in [6, 6.07) is 25.9. The van der Waals surface area contributed by atoms with Crippen molar-refractivity contribution in [3.05, 3.63) is 102 Å². The normalized spacial score (nSPS) is 12.9. The van der Waals surface area contributed by atoms with Crippen molar-refractivity contribution in [1.82, 2.24) is 4.57 Å². The van der Waals surface area contributed by atoms with E-state index >= 15 is 0 Å². The van der Waals surface area contributed by atoms with Crippen LogP contribution in [0.4, 0.5) is 10.1 Å². The summed E-state index contributed by atoms with van der Waals surface area (Å²) in [5.41, 5.74) is 5.66. The Balaban J connectivity index is 1.93. The Morgan fingerprint density at radius 2 is 1.50 bits per heavy atom. The predicted octanol–water partition coefficient (Wildman–Crippen LogP) is 9.50. The minimum Gasteiger partial charge on any atom is -0.414 e. The number of hydrogen-bond acceptors (Lipinski definition) is 3. The van der Waals surface area contributed by atoms with Gasteiger partial charge in [-0.15, -0.1) is 0 Å². The fourth-order valence-corrected chi connectivity index (χ4v) is 6.90. The average molecular weight is 615 g/mol. The maximum Gasteiger partial charge on any atom is 0.258 e. The van der Waals surface area contributed by atoms with E-state index in [0.29, 0.717) is 30.6 Å². The van der Waals surface area contributed by atoms with Crippen molar-refractivity contribution >= 4 is 19.9 Å². The zero-order valence-corrected chi connectivity index (χ0v) is 28.2. The van der Waals surface area contributed by atoms with Gasteiger partial charge in [0.05, 0.1) is 11.3 Å². The lowest BCUT2D eigenvalue weighted by Gasteiger charge is -2.39. The minimum atomic E-state index is -2.11. The van der Waals surface area contributed by atoms with Gasteiger partial charge in [-0.2, -0.15) is 0 Å². The zero-order chi connectivity index (χ0) is 32.1. The molecular formula is C37H47FN2O3Si. The average Bonchev–Trinajstić information content (AvgIpc) is 3.32. The van der Waals surface area contributed by atoms with Gasteiger partial charge in [0.15, 0.2) is 8.32 Å². The van der Waals surface area contributed by atoms with Crippen LogP contribution in [0.25, 0.3) is 22.4 Å². The summed E-state index contributed by atoms with van der Waals surface area (Å²) in [4.78, 5) is 14.3. The van der Waals surface area contributed by atoms with Gasteiger partial charge in [0.25, 0.3) is 5.91 Å². The molecule has 1 unspecified atom stereocenters. The number of para-hydroxylation sites is 1. The molecule has 7 heteroatoms. The molecule has 0 saturated carbocycles. The van der Waals surface area contributed by atoms with Crippen molar-refractivity contribution in [3.8, 4) is 22.4 Å². The number of rotatable bonds is 12. The third-order valence-corrected chi connectivity index (χ3v) is 13.2. The van der Waals surface area contributed by atoms with Crippen LogP contribution in [-0.2, 0) is 11.0 Å². The van der Waals surface area contributed by atoms with Crippen LogP contribution in [0.1, 0.15) is 69.4 Å². The molecule has 4 rings (SSSR count). The maximum atomic E-state index is 14.3. The smallest absolute Gasteiger partial charge is 0.258 e. The lowest BCUT2D eigenvalue weighted by molar-refractivity contribution is 0.102.